The molecule has 4 aliphatic heterocycles. The highest BCUT2D eigenvalue weighted by Gasteiger charge is 2.74. The number of amides is 2. The summed E-state index contributed by atoms with van der Waals surface area (Å²) in [7, 11) is 0. The van der Waals surface area contributed by atoms with Crippen molar-refractivity contribution in [2.45, 2.75) is 56.3 Å². The first-order valence-corrected chi connectivity index (χ1v) is 13.4. The second-order valence-corrected chi connectivity index (χ2v) is 10.7. The molecule has 198 valence electrons. The van der Waals surface area contributed by atoms with Crippen molar-refractivity contribution in [1.29, 1.82) is 0 Å². The first-order chi connectivity index (χ1) is 17.8. The van der Waals surface area contributed by atoms with Crippen molar-refractivity contribution in [3.63, 3.8) is 0 Å². The van der Waals surface area contributed by atoms with Crippen LogP contribution in [0.3, 0.4) is 0 Å². The van der Waals surface area contributed by atoms with Crippen LogP contribution in [0.15, 0.2) is 48.6 Å². The van der Waals surface area contributed by atoms with E-state index < -0.39 is 35.0 Å². The van der Waals surface area contributed by atoms with E-state index in [-0.39, 0.29) is 31.6 Å². The summed E-state index contributed by atoms with van der Waals surface area (Å²) in [6.07, 6.45) is 10.8. The molecule has 0 bridgehead atoms. The molecule has 0 radical (unpaired) electrons. The van der Waals surface area contributed by atoms with Crippen molar-refractivity contribution in [2.24, 2.45) is 11.8 Å². The minimum atomic E-state index is -1.33. The van der Waals surface area contributed by atoms with E-state index in [2.05, 4.69) is 0 Å². The summed E-state index contributed by atoms with van der Waals surface area (Å²) in [6, 6.07) is 6.14. The number of hydrogen-bond donors (Lipinski definition) is 1. The number of nitrogens with zero attached hydrogens (tertiary/aromatic N) is 2. The van der Waals surface area contributed by atoms with Gasteiger partial charge in [0.25, 0.3) is 5.91 Å². The fraction of sp³-hybridized carbons (Fsp3) is 0.536. The molecule has 1 spiro atoms. The van der Waals surface area contributed by atoms with E-state index in [0.29, 0.717) is 42.9 Å². The number of halogens is 1. The van der Waals surface area contributed by atoms with Crippen LogP contribution in [-0.2, 0) is 23.9 Å². The average molecular weight is 529 g/mol. The van der Waals surface area contributed by atoms with E-state index in [1.807, 2.05) is 30.4 Å². The Kier molecular flexibility index (Phi) is 7.18. The topological polar surface area (TPSA) is 96.4 Å². The predicted octanol–water partition coefficient (Wildman–Crippen LogP) is 3.27. The van der Waals surface area contributed by atoms with Gasteiger partial charge in [0.15, 0.2) is 0 Å². The Morgan fingerprint density at radius 3 is 2.65 bits per heavy atom. The van der Waals surface area contributed by atoms with Crippen molar-refractivity contribution in [3.05, 3.63) is 53.6 Å². The second-order valence-electron chi connectivity index (χ2n) is 10.3. The van der Waals surface area contributed by atoms with Gasteiger partial charge in [-0.15, -0.1) is 0 Å². The number of esters is 1. The molecular weight excluding hydrogens is 496 g/mol. The van der Waals surface area contributed by atoms with E-state index in [1.54, 1.807) is 34.9 Å². The molecule has 5 rings (SSSR count). The smallest absolute Gasteiger partial charge is 0.313 e. The molecule has 4 heterocycles. The number of fused-ring (bicyclic) bond motifs is 2. The van der Waals surface area contributed by atoms with Gasteiger partial charge in [0.05, 0.1) is 28.8 Å². The van der Waals surface area contributed by atoms with Crippen LogP contribution in [0.25, 0.3) is 0 Å². The number of aliphatic hydroxyl groups excluding tert-OH is 1. The van der Waals surface area contributed by atoms with Crippen LogP contribution < -0.4 is 4.90 Å². The van der Waals surface area contributed by atoms with Crippen LogP contribution in [0.5, 0.6) is 0 Å². The van der Waals surface area contributed by atoms with Crippen LogP contribution in [0.4, 0.5) is 5.69 Å². The third-order valence-corrected chi connectivity index (χ3v) is 8.27. The third kappa shape index (κ3) is 4.29. The monoisotopic (exact) mass is 528 g/mol. The van der Waals surface area contributed by atoms with Gasteiger partial charge in [-0.1, -0.05) is 48.0 Å². The molecule has 4 aliphatic rings. The number of hydrogen-bond acceptors (Lipinski definition) is 6. The summed E-state index contributed by atoms with van der Waals surface area (Å²) in [6.45, 7) is 2.71. The second kappa shape index (κ2) is 10.2. The number of carbonyl (C=O) groups is 3. The highest BCUT2D eigenvalue weighted by atomic mass is 35.5. The summed E-state index contributed by atoms with van der Waals surface area (Å²) in [5.74, 6) is -2.85. The molecule has 1 aromatic carbocycles. The van der Waals surface area contributed by atoms with Crippen LogP contribution in [0.1, 0.15) is 39.0 Å². The molecule has 0 aliphatic carbocycles. The Morgan fingerprint density at radius 1 is 1.05 bits per heavy atom. The minimum absolute atomic E-state index is 0.0631. The van der Waals surface area contributed by atoms with Gasteiger partial charge in [0.2, 0.25) is 5.91 Å². The van der Waals surface area contributed by atoms with Gasteiger partial charge in [0, 0.05) is 19.7 Å². The number of benzene rings is 1. The highest BCUT2D eigenvalue weighted by Crippen LogP contribution is 2.57. The largest absolute Gasteiger partial charge is 0.465 e. The molecular formula is C28H33ClN2O6. The summed E-state index contributed by atoms with van der Waals surface area (Å²) < 4.78 is 12.4. The Labute approximate surface area is 221 Å². The summed E-state index contributed by atoms with van der Waals surface area (Å²) >= 11 is 6.48. The molecule has 1 N–H and O–H groups in total. The number of aliphatic hydroxyl groups is 1. The van der Waals surface area contributed by atoms with Crippen molar-refractivity contribution >= 4 is 35.1 Å². The number of likely N-dealkylation sites (tertiary alicyclic amines) is 1. The van der Waals surface area contributed by atoms with Gasteiger partial charge >= 0.3 is 5.97 Å². The summed E-state index contributed by atoms with van der Waals surface area (Å²) in [5, 5.41) is 9.64. The maximum absolute atomic E-state index is 14.3. The third-order valence-electron chi connectivity index (χ3n) is 7.95. The standard InChI is InChI=1S/C28H33ClN2O6/c1-27-13-6-2-9-18-36-26(35)22(27)21-24(33)31(15-7-3-8-17-32)23-25(34)30(16-10-14-28(21,23)37-27)20-12-5-4-11-19(20)29/h4-6,10-14,21-23,32H,2-3,7-9,15-18H2,1H3/b13-6-/t21-,22+,23?,27-,28-/m0/s1. The molecule has 5 atom stereocenters. The van der Waals surface area contributed by atoms with Gasteiger partial charge < -0.3 is 24.4 Å². The van der Waals surface area contributed by atoms with E-state index in [1.165, 1.54) is 0 Å². The lowest BCUT2D eigenvalue weighted by atomic mass is 9.74. The molecule has 2 amide bonds. The molecule has 1 aromatic rings. The van der Waals surface area contributed by atoms with Crippen LogP contribution >= 0.6 is 11.6 Å². The molecule has 0 saturated carbocycles. The zero-order chi connectivity index (χ0) is 26.2. The first-order valence-electron chi connectivity index (χ1n) is 13.0. The maximum atomic E-state index is 14.3. The minimum Gasteiger partial charge on any atom is -0.465 e. The van der Waals surface area contributed by atoms with Crippen molar-refractivity contribution in [1.82, 2.24) is 4.90 Å². The summed E-state index contributed by atoms with van der Waals surface area (Å²) in [4.78, 5) is 45.0. The van der Waals surface area contributed by atoms with E-state index in [4.69, 9.17) is 21.1 Å². The number of unbranched alkanes of at least 4 members (excludes halogenated alkanes) is 2. The number of anilines is 1. The van der Waals surface area contributed by atoms with E-state index >= 15 is 0 Å². The van der Waals surface area contributed by atoms with Crippen LogP contribution in [0, 0.1) is 11.8 Å². The zero-order valence-corrected chi connectivity index (χ0v) is 21.7. The van der Waals surface area contributed by atoms with Crippen molar-refractivity contribution in [2.75, 3.05) is 31.2 Å². The molecule has 37 heavy (non-hydrogen) atoms. The first kappa shape index (κ1) is 25.9. The molecule has 8 nitrogen and oxygen atoms in total. The average Bonchev–Trinajstić information content (AvgIpc) is 3.22. The lowest BCUT2D eigenvalue weighted by Gasteiger charge is -2.37. The highest BCUT2D eigenvalue weighted by molar-refractivity contribution is 6.34. The van der Waals surface area contributed by atoms with Crippen LogP contribution in [0.2, 0.25) is 5.02 Å². The van der Waals surface area contributed by atoms with Gasteiger partial charge in [-0.25, -0.2) is 0 Å². The summed E-state index contributed by atoms with van der Waals surface area (Å²) in [5.41, 5.74) is -1.88. The lowest BCUT2D eigenvalue weighted by molar-refractivity contribution is -0.158. The molecule has 2 fully saturated rings. The Balaban J connectivity index is 1.61. The van der Waals surface area contributed by atoms with E-state index in [9.17, 15) is 19.5 Å². The Bertz CT molecular complexity index is 1140. The normalized spacial score (nSPS) is 34.1. The molecule has 1 unspecified atom stereocenters. The number of para-hydroxylation sites is 1. The molecule has 2 saturated heterocycles. The molecule has 0 aromatic heterocycles. The quantitative estimate of drug-likeness (QED) is 0.346. The van der Waals surface area contributed by atoms with Crippen molar-refractivity contribution < 1.29 is 29.0 Å². The number of ether oxygens (including phenoxy) is 2. The molecule has 9 heteroatoms. The number of cyclic esters (lactones) is 1. The van der Waals surface area contributed by atoms with Gasteiger partial charge in [0.1, 0.15) is 17.6 Å². The predicted molar refractivity (Wildman–Crippen MR) is 138 cm³/mol. The van der Waals surface area contributed by atoms with Crippen LogP contribution in [-0.4, -0.2) is 71.3 Å². The SMILES string of the molecule is C[C@]12/C=C\CCCOC(=O)[C@H]1[C@H]1C(=O)N(CCCCCO)C3C(=O)N(c4ccccc4Cl)CC=C[C@@]31O2. The van der Waals surface area contributed by atoms with E-state index in [0.717, 1.165) is 6.42 Å². The van der Waals surface area contributed by atoms with Crippen molar-refractivity contribution in [3.8, 4) is 0 Å². The fourth-order valence-corrected chi connectivity index (χ4v) is 6.57. The Morgan fingerprint density at radius 2 is 1.86 bits per heavy atom. The number of allylic oxidation sites excluding steroid dienone is 1. The Hall–Kier alpha value is -2.68. The van der Waals surface area contributed by atoms with Gasteiger partial charge in [-0.2, -0.15) is 0 Å². The maximum Gasteiger partial charge on any atom is 0.313 e. The van der Waals surface area contributed by atoms with Gasteiger partial charge in [-0.05, 0) is 51.2 Å². The number of carbonyl (C=O) groups excluding carboxylic acids is 3. The zero-order valence-electron chi connectivity index (χ0n) is 21.0. The van der Waals surface area contributed by atoms with Gasteiger partial charge in [-0.3, -0.25) is 14.4 Å². The lowest BCUT2D eigenvalue weighted by Crippen LogP contribution is -2.56. The number of rotatable bonds is 6. The fourth-order valence-electron chi connectivity index (χ4n) is 6.33.